The molecule has 0 fully saturated rings. The van der Waals surface area contributed by atoms with Gasteiger partial charge in [-0.15, -0.1) is 0 Å². The number of rotatable bonds is 4. The summed E-state index contributed by atoms with van der Waals surface area (Å²) in [5.41, 5.74) is 5.12. The Morgan fingerprint density at radius 1 is 1.62 bits per heavy atom. The Morgan fingerprint density at radius 2 is 2.31 bits per heavy atom. The molecular formula is C5H10N4O2S2. The van der Waals surface area contributed by atoms with Crippen molar-refractivity contribution in [1.29, 1.82) is 0 Å². The average molecular weight is 222 g/mol. The lowest BCUT2D eigenvalue weighted by atomic mass is 10.8. The Bertz CT molecular complexity index is 372. The monoisotopic (exact) mass is 222 g/mol. The van der Waals surface area contributed by atoms with E-state index >= 15 is 0 Å². The molecule has 0 aliphatic rings. The standard InChI is InChI=1S/C5H10N4O2S2/c1-4-7-5(12-8-4)9-13(10,11)3-2-6/h2-3,6H2,1H3,(H,7,8,9). The molecule has 0 radical (unpaired) electrons. The lowest BCUT2D eigenvalue weighted by molar-refractivity contribution is 0.601. The maximum absolute atomic E-state index is 11.2. The van der Waals surface area contributed by atoms with E-state index in [1.165, 1.54) is 0 Å². The van der Waals surface area contributed by atoms with Crippen molar-refractivity contribution in [2.24, 2.45) is 5.73 Å². The molecule has 0 aromatic carbocycles. The van der Waals surface area contributed by atoms with Gasteiger partial charge in [0.05, 0.1) is 5.75 Å². The maximum atomic E-state index is 11.2. The fraction of sp³-hybridized carbons (Fsp3) is 0.600. The van der Waals surface area contributed by atoms with Crippen LogP contribution in [0, 0.1) is 6.92 Å². The minimum Gasteiger partial charge on any atom is -0.329 e. The Hall–Kier alpha value is -0.730. The van der Waals surface area contributed by atoms with Crippen molar-refractivity contribution >= 4 is 26.7 Å². The molecule has 1 aromatic rings. The SMILES string of the molecule is Cc1nsc(NS(=O)(=O)CCN)n1. The number of nitrogens with two attached hydrogens (primary N) is 1. The maximum Gasteiger partial charge on any atom is 0.235 e. The van der Waals surface area contributed by atoms with Crippen molar-refractivity contribution in [2.75, 3.05) is 17.0 Å². The molecule has 3 N–H and O–H groups in total. The fourth-order valence-electron chi connectivity index (χ4n) is 0.678. The van der Waals surface area contributed by atoms with Gasteiger partial charge in [0.25, 0.3) is 0 Å². The van der Waals surface area contributed by atoms with Crippen LogP contribution in [0.2, 0.25) is 0 Å². The molecule has 74 valence electrons. The highest BCUT2D eigenvalue weighted by atomic mass is 32.2. The van der Waals surface area contributed by atoms with E-state index < -0.39 is 10.0 Å². The van der Waals surface area contributed by atoms with Crippen LogP contribution in [0.15, 0.2) is 0 Å². The second-order valence-electron chi connectivity index (χ2n) is 2.36. The largest absolute Gasteiger partial charge is 0.329 e. The second-order valence-corrected chi connectivity index (χ2v) is 4.95. The summed E-state index contributed by atoms with van der Waals surface area (Å²) in [6, 6.07) is 0. The van der Waals surface area contributed by atoms with E-state index in [1.54, 1.807) is 6.92 Å². The molecule has 0 atom stereocenters. The first-order valence-electron chi connectivity index (χ1n) is 3.54. The van der Waals surface area contributed by atoms with E-state index in [9.17, 15) is 8.42 Å². The summed E-state index contributed by atoms with van der Waals surface area (Å²) in [5.74, 6) is 0.446. The molecule has 13 heavy (non-hydrogen) atoms. The molecule has 1 aromatic heterocycles. The number of nitrogens with zero attached hydrogens (tertiary/aromatic N) is 2. The van der Waals surface area contributed by atoms with E-state index in [-0.39, 0.29) is 17.4 Å². The normalized spacial score (nSPS) is 11.5. The molecule has 1 heterocycles. The Labute approximate surface area is 80.4 Å². The second kappa shape index (κ2) is 3.99. The first-order chi connectivity index (χ1) is 6.03. The van der Waals surface area contributed by atoms with Gasteiger partial charge in [-0.25, -0.2) is 13.4 Å². The van der Waals surface area contributed by atoms with Crippen LogP contribution in [-0.4, -0.2) is 30.1 Å². The highest BCUT2D eigenvalue weighted by Crippen LogP contribution is 2.11. The molecule has 0 bridgehead atoms. The van der Waals surface area contributed by atoms with Gasteiger partial charge < -0.3 is 5.73 Å². The lowest BCUT2D eigenvalue weighted by Crippen LogP contribution is -2.22. The molecule has 1 rings (SSSR count). The van der Waals surface area contributed by atoms with Gasteiger partial charge in [-0.1, -0.05) is 0 Å². The molecule has 6 nitrogen and oxygen atoms in total. The van der Waals surface area contributed by atoms with Crippen LogP contribution < -0.4 is 10.5 Å². The summed E-state index contributed by atoms with van der Waals surface area (Å²) in [6.07, 6.45) is 0. The number of sulfonamides is 1. The fourth-order valence-corrected chi connectivity index (χ4v) is 2.36. The predicted octanol–water partition coefficient (Wildman–Crippen LogP) is -0.453. The molecule has 0 aliphatic carbocycles. The summed E-state index contributed by atoms with van der Waals surface area (Å²) in [7, 11) is -3.34. The minimum absolute atomic E-state index is 0.0904. The van der Waals surface area contributed by atoms with E-state index in [4.69, 9.17) is 5.73 Å². The van der Waals surface area contributed by atoms with Crippen molar-refractivity contribution in [3.63, 3.8) is 0 Å². The van der Waals surface area contributed by atoms with Crippen molar-refractivity contribution in [3.8, 4) is 0 Å². The summed E-state index contributed by atoms with van der Waals surface area (Å²) in [5, 5.41) is 0.283. The smallest absolute Gasteiger partial charge is 0.235 e. The number of aryl methyl sites for hydroxylation is 1. The Kier molecular flexibility index (Phi) is 3.17. The first-order valence-corrected chi connectivity index (χ1v) is 5.97. The summed E-state index contributed by atoms with van der Waals surface area (Å²) in [6.45, 7) is 1.78. The summed E-state index contributed by atoms with van der Waals surface area (Å²) < 4.78 is 28.4. The van der Waals surface area contributed by atoms with Gasteiger partial charge in [-0.3, -0.25) is 4.72 Å². The van der Waals surface area contributed by atoms with Gasteiger partial charge in [0, 0.05) is 18.1 Å². The molecule has 0 unspecified atom stereocenters. The minimum atomic E-state index is -3.34. The third-order valence-corrected chi connectivity index (χ3v) is 3.29. The lowest BCUT2D eigenvalue weighted by Gasteiger charge is -2.01. The van der Waals surface area contributed by atoms with Crippen molar-refractivity contribution < 1.29 is 8.42 Å². The molecular weight excluding hydrogens is 212 g/mol. The number of nitrogens with one attached hydrogen (secondary N) is 1. The van der Waals surface area contributed by atoms with Crippen LogP contribution in [0.5, 0.6) is 0 Å². The third kappa shape index (κ3) is 3.25. The zero-order chi connectivity index (χ0) is 9.90. The molecule has 0 spiro atoms. The van der Waals surface area contributed by atoms with E-state index in [2.05, 4.69) is 14.1 Å². The van der Waals surface area contributed by atoms with E-state index in [1.807, 2.05) is 0 Å². The number of aromatic nitrogens is 2. The van der Waals surface area contributed by atoms with Gasteiger partial charge in [0.1, 0.15) is 5.82 Å². The van der Waals surface area contributed by atoms with E-state index in [0.717, 1.165) is 11.5 Å². The van der Waals surface area contributed by atoms with Gasteiger partial charge >= 0.3 is 0 Å². The van der Waals surface area contributed by atoms with Gasteiger partial charge in [0.15, 0.2) is 0 Å². The zero-order valence-electron chi connectivity index (χ0n) is 7.02. The predicted molar refractivity (Wildman–Crippen MR) is 51.1 cm³/mol. The average Bonchev–Trinajstić information content (AvgIpc) is 2.34. The summed E-state index contributed by atoms with van der Waals surface area (Å²) in [4.78, 5) is 3.85. The first kappa shape index (κ1) is 10.4. The van der Waals surface area contributed by atoms with Crippen LogP contribution in [-0.2, 0) is 10.0 Å². The van der Waals surface area contributed by atoms with Crippen molar-refractivity contribution in [2.45, 2.75) is 6.92 Å². The molecule has 0 saturated heterocycles. The highest BCUT2D eigenvalue weighted by molar-refractivity contribution is 7.92. The Balaban J connectivity index is 2.69. The van der Waals surface area contributed by atoms with Crippen molar-refractivity contribution in [1.82, 2.24) is 9.36 Å². The van der Waals surface area contributed by atoms with Gasteiger partial charge in [-0.05, 0) is 6.92 Å². The molecule has 0 saturated carbocycles. The van der Waals surface area contributed by atoms with Crippen molar-refractivity contribution in [3.05, 3.63) is 5.82 Å². The van der Waals surface area contributed by atoms with Gasteiger partial charge in [-0.2, -0.15) is 4.37 Å². The van der Waals surface area contributed by atoms with E-state index in [0.29, 0.717) is 5.82 Å². The molecule has 8 heteroatoms. The van der Waals surface area contributed by atoms with Crippen LogP contribution in [0.3, 0.4) is 0 Å². The van der Waals surface area contributed by atoms with Crippen LogP contribution in [0.4, 0.5) is 5.13 Å². The summed E-state index contributed by atoms with van der Waals surface area (Å²) >= 11 is 1.01. The third-order valence-electron chi connectivity index (χ3n) is 1.16. The Morgan fingerprint density at radius 3 is 2.77 bits per heavy atom. The molecule has 0 aliphatic heterocycles. The highest BCUT2D eigenvalue weighted by Gasteiger charge is 2.11. The number of anilines is 1. The van der Waals surface area contributed by atoms with Crippen LogP contribution in [0.25, 0.3) is 0 Å². The topological polar surface area (TPSA) is 98.0 Å². The quantitative estimate of drug-likeness (QED) is 0.718. The number of hydrogen-bond acceptors (Lipinski definition) is 6. The number of hydrogen-bond donors (Lipinski definition) is 2. The van der Waals surface area contributed by atoms with Gasteiger partial charge in [0.2, 0.25) is 15.2 Å². The molecule has 0 amide bonds. The van der Waals surface area contributed by atoms with Crippen LogP contribution >= 0.6 is 11.5 Å². The van der Waals surface area contributed by atoms with Crippen LogP contribution in [0.1, 0.15) is 5.82 Å². The zero-order valence-corrected chi connectivity index (χ0v) is 8.65.